The van der Waals surface area contributed by atoms with Gasteiger partial charge in [-0.1, -0.05) is 17.7 Å². The maximum absolute atomic E-state index is 10.9. The summed E-state index contributed by atoms with van der Waals surface area (Å²) in [5.74, 6) is -0.819. The number of carboxylic acids is 1. The van der Waals surface area contributed by atoms with Crippen LogP contribution in [0.5, 0.6) is 0 Å². The van der Waals surface area contributed by atoms with Crippen LogP contribution in [0.25, 0.3) is 11.5 Å². The number of carboxylic acid groups (broad SMARTS) is 1. The van der Waals surface area contributed by atoms with E-state index >= 15 is 0 Å². The molecule has 0 unspecified atom stereocenters. The van der Waals surface area contributed by atoms with Gasteiger partial charge in [-0.05, 0) is 18.2 Å². The molecule has 0 aliphatic heterocycles. The highest BCUT2D eigenvalue weighted by Gasteiger charge is 2.18. The molecule has 0 fully saturated rings. The topological polar surface area (TPSA) is 89.4 Å². The molecular formula is C11H9ClN2O3. The fourth-order valence-electron chi connectivity index (χ4n) is 1.40. The summed E-state index contributed by atoms with van der Waals surface area (Å²) in [5, 5.41) is 9.43. The van der Waals surface area contributed by atoms with E-state index in [4.69, 9.17) is 26.9 Å². The van der Waals surface area contributed by atoms with E-state index in [-0.39, 0.29) is 23.9 Å². The van der Waals surface area contributed by atoms with Crippen molar-refractivity contribution in [3.63, 3.8) is 0 Å². The Morgan fingerprint density at radius 3 is 2.82 bits per heavy atom. The Labute approximate surface area is 102 Å². The second-order valence-corrected chi connectivity index (χ2v) is 3.75. The molecule has 17 heavy (non-hydrogen) atoms. The van der Waals surface area contributed by atoms with Crippen molar-refractivity contribution in [1.29, 1.82) is 0 Å². The summed E-state index contributed by atoms with van der Waals surface area (Å²) in [5.41, 5.74) is 5.83. The van der Waals surface area contributed by atoms with Gasteiger partial charge in [0.25, 0.3) is 0 Å². The second-order valence-electron chi connectivity index (χ2n) is 3.31. The van der Waals surface area contributed by atoms with Gasteiger partial charge in [0.1, 0.15) is 0 Å². The van der Waals surface area contributed by atoms with Crippen molar-refractivity contribution in [1.82, 2.24) is 4.98 Å². The second kappa shape index (κ2) is 4.57. The van der Waals surface area contributed by atoms with Gasteiger partial charge in [0, 0.05) is 10.6 Å². The van der Waals surface area contributed by atoms with Crippen molar-refractivity contribution in [3.8, 4) is 11.5 Å². The number of nitrogens with zero attached hydrogens (tertiary/aromatic N) is 1. The number of aromatic nitrogens is 1. The highest BCUT2D eigenvalue weighted by molar-refractivity contribution is 6.30. The van der Waals surface area contributed by atoms with E-state index in [1.807, 2.05) is 0 Å². The lowest BCUT2D eigenvalue weighted by molar-refractivity contribution is 0.0689. The first kappa shape index (κ1) is 11.6. The molecule has 0 aliphatic rings. The first-order valence-electron chi connectivity index (χ1n) is 4.81. The molecule has 2 rings (SSSR count). The third-order valence-electron chi connectivity index (χ3n) is 2.16. The SMILES string of the molecule is NCc1oc(-c2cccc(Cl)c2)nc1C(=O)O. The van der Waals surface area contributed by atoms with Crippen LogP contribution in [0.1, 0.15) is 16.2 Å². The zero-order valence-electron chi connectivity index (χ0n) is 8.68. The normalized spacial score (nSPS) is 10.5. The number of carbonyl (C=O) groups is 1. The lowest BCUT2D eigenvalue weighted by Crippen LogP contribution is -2.04. The van der Waals surface area contributed by atoms with Crippen molar-refractivity contribution in [2.24, 2.45) is 5.73 Å². The number of benzene rings is 1. The van der Waals surface area contributed by atoms with Crippen LogP contribution in [0, 0.1) is 0 Å². The van der Waals surface area contributed by atoms with Gasteiger partial charge in [0.2, 0.25) is 5.89 Å². The Hall–Kier alpha value is -1.85. The Kier molecular flexibility index (Phi) is 3.12. The summed E-state index contributed by atoms with van der Waals surface area (Å²) in [6, 6.07) is 6.79. The van der Waals surface area contributed by atoms with E-state index in [9.17, 15) is 4.79 Å². The number of hydrogen-bond acceptors (Lipinski definition) is 4. The molecule has 3 N–H and O–H groups in total. The molecule has 0 spiro atoms. The minimum atomic E-state index is -1.16. The molecular weight excluding hydrogens is 244 g/mol. The van der Waals surface area contributed by atoms with Crippen molar-refractivity contribution in [3.05, 3.63) is 40.7 Å². The van der Waals surface area contributed by atoms with Crippen LogP contribution < -0.4 is 5.73 Å². The predicted molar refractivity (Wildman–Crippen MR) is 61.8 cm³/mol. The Morgan fingerprint density at radius 1 is 1.53 bits per heavy atom. The van der Waals surface area contributed by atoms with Crippen molar-refractivity contribution in [2.45, 2.75) is 6.54 Å². The molecule has 0 bridgehead atoms. The molecule has 1 aromatic carbocycles. The number of rotatable bonds is 3. The van der Waals surface area contributed by atoms with Gasteiger partial charge in [-0.15, -0.1) is 0 Å². The highest BCUT2D eigenvalue weighted by atomic mass is 35.5. The van der Waals surface area contributed by atoms with Crippen LogP contribution >= 0.6 is 11.6 Å². The maximum atomic E-state index is 10.9. The lowest BCUT2D eigenvalue weighted by Gasteiger charge is -1.95. The van der Waals surface area contributed by atoms with Gasteiger partial charge in [0.15, 0.2) is 11.5 Å². The van der Waals surface area contributed by atoms with Crippen molar-refractivity contribution < 1.29 is 14.3 Å². The van der Waals surface area contributed by atoms with Gasteiger partial charge < -0.3 is 15.3 Å². The van der Waals surface area contributed by atoms with Gasteiger partial charge in [-0.2, -0.15) is 0 Å². The third kappa shape index (κ3) is 2.30. The largest absolute Gasteiger partial charge is 0.476 e. The quantitative estimate of drug-likeness (QED) is 0.874. The van der Waals surface area contributed by atoms with Gasteiger partial charge in [-0.3, -0.25) is 0 Å². The van der Waals surface area contributed by atoms with E-state index in [2.05, 4.69) is 4.98 Å². The average molecular weight is 253 g/mol. The first-order chi connectivity index (χ1) is 8.11. The minimum Gasteiger partial charge on any atom is -0.476 e. The van der Waals surface area contributed by atoms with Crippen LogP contribution in [0.15, 0.2) is 28.7 Å². The summed E-state index contributed by atoms with van der Waals surface area (Å²) in [6.07, 6.45) is 0. The monoisotopic (exact) mass is 252 g/mol. The summed E-state index contributed by atoms with van der Waals surface area (Å²) < 4.78 is 5.29. The minimum absolute atomic E-state index is 0.0187. The molecule has 5 nitrogen and oxygen atoms in total. The van der Waals surface area contributed by atoms with E-state index in [1.54, 1.807) is 24.3 Å². The van der Waals surface area contributed by atoms with Gasteiger partial charge in [0.05, 0.1) is 6.54 Å². The summed E-state index contributed by atoms with van der Waals surface area (Å²) in [6.45, 7) is -0.0187. The predicted octanol–water partition coefficient (Wildman–Crippen LogP) is 2.15. The van der Waals surface area contributed by atoms with E-state index in [1.165, 1.54) is 0 Å². The fraction of sp³-hybridized carbons (Fsp3) is 0.0909. The molecule has 1 aromatic heterocycles. The Bertz CT molecular complexity index is 566. The van der Waals surface area contributed by atoms with Crippen LogP contribution in [0.2, 0.25) is 5.02 Å². The standard InChI is InChI=1S/C11H9ClN2O3/c12-7-3-1-2-6(4-7)10-14-9(11(15)16)8(5-13)17-10/h1-4H,5,13H2,(H,15,16). The van der Waals surface area contributed by atoms with E-state index in [0.717, 1.165) is 0 Å². The molecule has 88 valence electrons. The molecule has 6 heteroatoms. The molecule has 0 saturated heterocycles. The number of aromatic carboxylic acids is 1. The smallest absolute Gasteiger partial charge is 0.358 e. The molecule has 1 heterocycles. The maximum Gasteiger partial charge on any atom is 0.358 e. The van der Waals surface area contributed by atoms with Crippen LogP contribution in [0.4, 0.5) is 0 Å². The van der Waals surface area contributed by atoms with Crippen LogP contribution in [-0.2, 0) is 6.54 Å². The number of halogens is 1. The zero-order chi connectivity index (χ0) is 12.4. The van der Waals surface area contributed by atoms with Crippen LogP contribution in [0.3, 0.4) is 0 Å². The Morgan fingerprint density at radius 2 is 2.29 bits per heavy atom. The van der Waals surface area contributed by atoms with Crippen LogP contribution in [-0.4, -0.2) is 16.1 Å². The van der Waals surface area contributed by atoms with E-state index < -0.39 is 5.97 Å². The third-order valence-corrected chi connectivity index (χ3v) is 2.39. The van der Waals surface area contributed by atoms with Gasteiger partial charge in [-0.25, -0.2) is 9.78 Å². The zero-order valence-corrected chi connectivity index (χ0v) is 9.44. The molecule has 0 atom stereocenters. The average Bonchev–Trinajstić information content (AvgIpc) is 2.73. The lowest BCUT2D eigenvalue weighted by atomic mass is 10.2. The highest BCUT2D eigenvalue weighted by Crippen LogP contribution is 2.24. The van der Waals surface area contributed by atoms with Crippen molar-refractivity contribution in [2.75, 3.05) is 0 Å². The summed E-state index contributed by atoms with van der Waals surface area (Å²) in [7, 11) is 0. The van der Waals surface area contributed by atoms with Gasteiger partial charge >= 0.3 is 5.97 Å². The molecule has 0 amide bonds. The summed E-state index contributed by atoms with van der Waals surface area (Å²) >= 11 is 5.83. The molecule has 0 aliphatic carbocycles. The number of hydrogen-bond donors (Lipinski definition) is 2. The molecule has 0 radical (unpaired) electrons. The number of nitrogens with two attached hydrogens (primary N) is 1. The molecule has 0 saturated carbocycles. The number of oxazole rings is 1. The van der Waals surface area contributed by atoms with Crippen molar-refractivity contribution >= 4 is 17.6 Å². The first-order valence-corrected chi connectivity index (χ1v) is 5.18. The fourth-order valence-corrected chi connectivity index (χ4v) is 1.59. The summed E-state index contributed by atoms with van der Waals surface area (Å²) in [4.78, 5) is 14.8. The Balaban J connectivity index is 2.50. The molecule has 2 aromatic rings. The van der Waals surface area contributed by atoms with E-state index in [0.29, 0.717) is 10.6 Å².